The molecule has 3 nitrogen and oxygen atoms in total. The molecular formula is C4H4AlN3. The second kappa shape index (κ2) is 2.12. The Morgan fingerprint density at radius 1 is 1.38 bits per heavy atom. The lowest BCUT2D eigenvalue weighted by atomic mass is 10.5. The molecule has 8 heavy (non-hydrogen) atoms. The molecule has 1 rings (SSSR count). The highest BCUT2D eigenvalue weighted by atomic mass is 27.0. The number of nitrogens with two attached hydrogens (primary N) is 1. The van der Waals surface area contributed by atoms with E-state index in [0.717, 1.165) is 4.56 Å². The Kier molecular flexibility index (Phi) is 1.47. The zero-order valence-electron chi connectivity index (χ0n) is 4.20. The summed E-state index contributed by atoms with van der Waals surface area (Å²) in [6.45, 7) is 0. The molecule has 0 fully saturated rings. The smallest absolute Gasteiger partial charge is 0.212 e. The van der Waals surface area contributed by atoms with Crippen molar-refractivity contribution in [3.05, 3.63) is 12.1 Å². The summed E-state index contributed by atoms with van der Waals surface area (Å²) in [5, 5.41) is 7.25. The summed E-state index contributed by atoms with van der Waals surface area (Å²) in [6.07, 6.45) is 0. The van der Waals surface area contributed by atoms with Gasteiger partial charge in [-0.1, -0.05) is 6.07 Å². The summed E-state index contributed by atoms with van der Waals surface area (Å²) in [5.41, 5.74) is 5.24. The molecular weight excluding hydrogens is 117 g/mol. The number of aromatic nitrogens is 2. The summed E-state index contributed by atoms with van der Waals surface area (Å²) in [5.74, 6) is 0.455. The van der Waals surface area contributed by atoms with E-state index in [2.05, 4.69) is 26.5 Å². The first-order valence-electron chi connectivity index (χ1n) is 2.14. The summed E-state index contributed by atoms with van der Waals surface area (Å²) in [4.78, 5) is 0. The predicted molar refractivity (Wildman–Crippen MR) is 31.8 cm³/mol. The van der Waals surface area contributed by atoms with E-state index in [9.17, 15) is 0 Å². The first kappa shape index (κ1) is 5.55. The molecule has 0 spiro atoms. The van der Waals surface area contributed by atoms with Gasteiger partial charge in [0.15, 0.2) is 0 Å². The van der Waals surface area contributed by atoms with Crippen LogP contribution in [0.2, 0.25) is 0 Å². The predicted octanol–water partition coefficient (Wildman–Crippen LogP) is -1.15. The lowest BCUT2D eigenvalue weighted by molar-refractivity contribution is 1.07. The molecule has 0 bridgehead atoms. The van der Waals surface area contributed by atoms with Gasteiger partial charge < -0.3 is 5.73 Å². The van der Waals surface area contributed by atoms with Crippen LogP contribution in [0.25, 0.3) is 0 Å². The van der Waals surface area contributed by atoms with E-state index in [1.165, 1.54) is 0 Å². The van der Waals surface area contributed by atoms with Crippen molar-refractivity contribution < 1.29 is 0 Å². The van der Waals surface area contributed by atoms with Crippen molar-refractivity contribution in [2.75, 3.05) is 5.73 Å². The Bertz CT molecular complexity index is 150. The molecule has 0 atom stereocenters. The minimum Gasteiger partial charge on any atom is -0.382 e. The van der Waals surface area contributed by atoms with Crippen molar-refractivity contribution >= 4 is 26.7 Å². The van der Waals surface area contributed by atoms with Gasteiger partial charge in [-0.25, -0.2) is 0 Å². The maximum atomic E-state index is 5.24. The van der Waals surface area contributed by atoms with Gasteiger partial charge in [0, 0.05) is 0 Å². The van der Waals surface area contributed by atoms with Gasteiger partial charge in [-0.15, -0.1) is 5.10 Å². The van der Waals surface area contributed by atoms with Crippen molar-refractivity contribution in [2.45, 2.75) is 0 Å². The zero-order chi connectivity index (χ0) is 5.98. The highest BCUT2D eigenvalue weighted by molar-refractivity contribution is 6.30. The van der Waals surface area contributed by atoms with E-state index in [1.807, 2.05) is 0 Å². The molecule has 0 unspecified atom stereocenters. The minimum atomic E-state index is 0.455. The van der Waals surface area contributed by atoms with Gasteiger partial charge in [0.1, 0.15) is 5.82 Å². The van der Waals surface area contributed by atoms with Crippen LogP contribution < -0.4 is 10.3 Å². The maximum Gasteiger partial charge on any atom is 0.212 e. The normalized spacial score (nSPS) is 9.00. The van der Waals surface area contributed by atoms with E-state index < -0.39 is 0 Å². The molecule has 38 valence electrons. The van der Waals surface area contributed by atoms with Crippen molar-refractivity contribution in [1.82, 2.24) is 10.2 Å². The molecule has 1 aromatic rings. The van der Waals surface area contributed by atoms with E-state index in [-0.39, 0.29) is 0 Å². The fraction of sp³-hybridized carbons (Fsp3) is 0. The average Bonchev–Trinajstić information content (AvgIpc) is 1.77. The van der Waals surface area contributed by atoms with Gasteiger partial charge in [-0.3, -0.25) is 0 Å². The average molecular weight is 121 g/mol. The Morgan fingerprint density at radius 2 is 2.12 bits per heavy atom. The molecule has 0 aromatic carbocycles. The lowest BCUT2D eigenvalue weighted by Gasteiger charge is -1.89. The second-order valence-corrected chi connectivity index (χ2v) is 1.97. The fourth-order valence-electron chi connectivity index (χ4n) is 0.353. The van der Waals surface area contributed by atoms with Crippen LogP contribution in [0.15, 0.2) is 12.1 Å². The number of nitrogen functional groups attached to an aromatic ring is 1. The molecule has 0 saturated carbocycles. The van der Waals surface area contributed by atoms with Gasteiger partial charge in [-0.05, 0) is 10.6 Å². The maximum absolute atomic E-state index is 5.24. The van der Waals surface area contributed by atoms with E-state index in [4.69, 9.17) is 5.73 Å². The molecule has 0 saturated heterocycles. The second-order valence-electron chi connectivity index (χ2n) is 1.38. The molecule has 4 heteroatoms. The third-order valence-corrected chi connectivity index (χ3v) is 1.01. The van der Waals surface area contributed by atoms with E-state index in [1.54, 1.807) is 12.1 Å². The van der Waals surface area contributed by atoms with Crippen LogP contribution in [-0.4, -0.2) is 26.5 Å². The van der Waals surface area contributed by atoms with Gasteiger partial charge in [0.05, 0.1) is 0 Å². The Hall–Kier alpha value is -0.588. The molecule has 0 aliphatic carbocycles. The zero-order valence-corrected chi connectivity index (χ0v) is 5.36. The third-order valence-electron chi connectivity index (χ3n) is 0.706. The number of nitrogens with zero attached hydrogens (tertiary/aromatic N) is 2. The molecule has 0 aliphatic rings. The van der Waals surface area contributed by atoms with Crippen LogP contribution in [0.5, 0.6) is 0 Å². The van der Waals surface area contributed by atoms with E-state index >= 15 is 0 Å². The number of anilines is 1. The summed E-state index contributed by atoms with van der Waals surface area (Å²) < 4.78 is 0.805. The minimum absolute atomic E-state index is 0.455. The Balaban J connectivity index is 3.03. The number of hydrogen-bond acceptors (Lipinski definition) is 3. The summed E-state index contributed by atoms with van der Waals surface area (Å²) in [6, 6.07) is 3.49. The van der Waals surface area contributed by atoms with Gasteiger partial charge in [0.2, 0.25) is 16.3 Å². The molecule has 0 aliphatic heterocycles. The van der Waals surface area contributed by atoms with Crippen molar-refractivity contribution in [2.24, 2.45) is 0 Å². The Morgan fingerprint density at radius 3 is 2.50 bits per heavy atom. The van der Waals surface area contributed by atoms with Crippen LogP contribution in [0, 0.1) is 0 Å². The van der Waals surface area contributed by atoms with Gasteiger partial charge >= 0.3 is 0 Å². The molecule has 2 radical (unpaired) electrons. The molecule has 1 heterocycles. The SMILES string of the molecule is Nc1cc[c]([Al])nn1. The topological polar surface area (TPSA) is 51.8 Å². The monoisotopic (exact) mass is 121 g/mol. The quantitative estimate of drug-likeness (QED) is 0.441. The van der Waals surface area contributed by atoms with E-state index in [0.29, 0.717) is 5.82 Å². The number of hydrogen-bond donors (Lipinski definition) is 1. The molecule has 1 aromatic heterocycles. The largest absolute Gasteiger partial charge is 0.382 e. The fourth-order valence-corrected chi connectivity index (χ4v) is 0.507. The first-order chi connectivity index (χ1) is 3.79. The molecule has 0 amide bonds. The van der Waals surface area contributed by atoms with Gasteiger partial charge in [-0.2, -0.15) is 5.10 Å². The van der Waals surface area contributed by atoms with Crippen LogP contribution in [-0.2, 0) is 0 Å². The van der Waals surface area contributed by atoms with Crippen molar-refractivity contribution in [3.63, 3.8) is 0 Å². The highest BCUT2D eigenvalue weighted by Gasteiger charge is 1.82. The first-order valence-corrected chi connectivity index (χ1v) is 2.71. The Labute approximate surface area is 55.3 Å². The summed E-state index contributed by atoms with van der Waals surface area (Å²) >= 11 is 2.42. The summed E-state index contributed by atoms with van der Waals surface area (Å²) in [7, 11) is 0. The molecule has 2 N–H and O–H groups in total. The van der Waals surface area contributed by atoms with Crippen LogP contribution in [0.3, 0.4) is 0 Å². The standard InChI is InChI=1S/C4H4N3.Al/c5-4-2-1-3-6-7-4;/h1-2H,(H2,5,7);. The van der Waals surface area contributed by atoms with Crippen molar-refractivity contribution in [1.29, 1.82) is 0 Å². The van der Waals surface area contributed by atoms with Gasteiger partial charge in [0.25, 0.3) is 0 Å². The highest BCUT2D eigenvalue weighted by Crippen LogP contribution is 1.84. The third kappa shape index (κ3) is 1.19. The van der Waals surface area contributed by atoms with Crippen LogP contribution in [0.1, 0.15) is 0 Å². The van der Waals surface area contributed by atoms with Crippen LogP contribution in [0.4, 0.5) is 5.82 Å². The lowest BCUT2D eigenvalue weighted by Crippen LogP contribution is -2.09. The van der Waals surface area contributed by atoms with Crippen LogP contribution >= 0.6 is 0 Å². The number of rotatable bonds is 0. The van der Waals surface area contributed by atoms with Crippen molar-refractivity contribution in [3.8, 4) is 0 Å².